The summed E-state index contributed by atoms with van der Waals surface area (Å²) < 4.78 is 27.2. The van der Waals surface area contributed by atoms with Gasteiger partial charge in [0.25, 0.3) is 0 Å². The van der Waals surface area contributed by atoms with Gasteiger partial charge in [0.15, 0.2) is 18.3 Å². The van der Waals surface area contributed by atoms with Gasteiger partial charge in [0, 0.05) is 54.5 Å². The molecule has 3 aliphatic carbocycles. The Hall–Kier alpha value is -7.20. The zero-order valence-electron chi connectivity index (χ0n) is 53.4. The Bertz CT molecular complexity index is 3400. The zero-order valence-corrected chi connectivity index (χ0v) is 53.4. The van der Waals surface area contributed by atoms with E-state index in [9.17, 15) is 24.6 Å². The summed E-state index contributed by atoms with van der Waals surface area (Å²) in [5.41, 5.74) is 13.3. The van der Waals surface area contributed by atoms with Gasteiger partial charge in [0.05, 0.1) is 42.5 Å². The Morgan fingerprint density at radius 1 is 0.482 bits per heavy atom. The number of aliphatic hydroxyl groups excluding tert-OH is 1. The van der Waals surface area contributed by atoms with Crippen LogP contribution in [0, 0.1) is 16.2 Å². The van der Waals surface area contributed by atoms with Gasteiger partial charge in [-0.2, -0.15) is 15.3 Å². The number of aryl methyl sites for hydroxylation is 3. The summed E-state index contributed by atoms with van der Waals surface area (Å²) in [6.07, 6.45) is 12.3. The Kier molecular flexibility index (Phi) is 20.4. The lowest BCUT2D eigenvalue weighted by Crippen LogP contribution is -2.30. The number of ether oxygens (including phenoxy) is 4. The van der Waals surface area contributed by atoms with Crippen LogP contribution in [-0.2, 0) is 54.5 Å². The summed E-state index contributed by atoms with van der Waals surface area (Å²) in [5, 5.41) is 34.8. The first-order chi connectivity index (χ1) is 39.8. The fourth-order valence-corrected chi connectivity index (χ4v) is 11.3. The summed E-state index contributed by atoms with van der Waals surface area (Å²) in [7, 11) is 8.12. The monoisotopic (exact) mass is 1160 g/mol. The summed E-state index contributed by atoms with van der Waals surface area (Å²) >= 11 is 0. The molecule has 3 aliphatic rings. The van der Waals surface area contributed by atoms with E-state index in [1.54, 1.807) is 28.1 Å². The van der Waals surface area contributed by atoms with E-state index in [1.807, 2.05) is 127 Å². The first-order valence-corrected chi connectivity index (χ1v) is 29.7. The molecule has 15 nitrogen and oxygen atoms in total. The van der Waals surface area contributed by atoms with Crippen molar-refractivity contribution in [1.82, 2.24) is 29.3 Å². The number of rotatable bonds is 14. The first-order valence-electron chi connectivity index (χ1n) is 29.7. The predicted molar refractivity (Wildman–Crippen MR) is 337 cm³/mol. The van der Waals surface area contributed by atoms with Gasteiger partial charge in [0.2, 0.25) is 0 Å². The number of carbonyl (C=O) groups is 3. The molecule has 6 aromatic rings. The Balaban J connectivity index is 0.000000183. The highest BCUT2D eigenvalue weighted by Gasteiger charge is 2.39. The van der Waals surface area contributed by atoms with E-state index < -0.39 is 47.4 Å². The van der Waals surface area contributed by atoms with Crippen molar-refractivity contribution in [3.8, 4) is 33.8 Å². The smallest absolute Gasteiger partial charge is 0.341 e. The number of nitrogens with zero attached hydrogens (tertiary/aromatic N) is 6. The van der Waals surface area contributed by atoms with Gasteiger partial charge in [-0.15, -0.1) is 0 Å². The van der Waals surface area contributed by atoms with Gasteiger partial charge in [-0.1, -0.05) is 151 Å². The number of allylic oxidation sites excluding steroid dienone is 6. The minimum Gasteiger partial charge on any atom is -0.479 e. The third-order valence-electron chi connectivity index (χ3n) is 16.1. The van der Waals surface area contributed by atoms with Crippen molar-refractivity contribution in [2.24, 2.45) is 37.4 Å². The number of carboxylic acids is 1. The van der Waals surface area contributed by atoms with Gasteiger partial charge in [-0.25, -0.2) is 14.4 Å². The summed E-state index contributed by atoms with van der Waals surface area (Å²) in [6, 6.07) is 30.0. The van der Waals surface area contributed by atoms with Crippen LogP contribution in [-0.4, -0.2) is 82.9 Å². The van der Waals surface area contributed by atoms with Crippen molar-refractivity contribution < 1.29 is 43.5 Å². The number of methoxy groups -OCH3 is 2. The van der Waals surface area contributed by atoms with Gasteiger partial charge >= 0.3 is 17.9 Å². The molecule has 0 aliphatic heterocycles. The Labute approximate surface area is 504 Å². The third kappa shape index (κ3) is 16.2. The summed E-state index contributed by atoms with van der Waals surface area (Å²) in [5.74, 6) is -2.09. The molecule has 0 fully saturated rings. The molecule has 456 valence electrons. The third-order valence-corrected chi connectivity index (χ3v) is 16.1. The molecule has 0 radical (unpaired) electrons. The van der Waals surface area contributed by atoms with Gasteiger partial charge in [0.1, 0.15) is 17.1 Å². The second-order valence-electron chi connectivity index (χ2n) is 27.1. The van der Waals surface area contributed by atoms with E-state index >= 15 is 0 Å². The number of aromatic nitrogens is 6. The number of aliphatic hydroxyl groups is 1. The van der Waals surface area contributed by atoms with E-state index in [1.165, 1.54) is 19.8 Å². The normalized spacial score (nSPS) is 17.5. The second-order valence-corrected chi connectivity index (χ2v) is 27.1. The maximum absolute atomic E-state index is 12.8. The van der Waals surface area contributed by atoms with Crippen molar-refractivity contribution >= 4 is 34.6 Å². The van der Waals surface area contributed by atoms with E-state index in [4.69, 9.17) is 29.1 Å². The lowest BCUT2D eigenvalue weighted by Gasteiger charge is -2.30. The van der Waals surface area contributed by atoms with Crippen LogP contribution in [0.3, 0.4) is 0 Å². The molecule has 0 saturated carbocycles. The molecule has 3 atom stereocenters. The molecule has 85 heavy (non-hydrogen) atoms. The minimum atomic E-state index is -1.36. The van der Waals surface area contributed by atoms with Crippen LogP contribution >= 0.6 is 0 Å². The van der Waals surface area contributed by atoms with Gasteiger partial charge in [-0.05, 0) is 132 Å². The molecule has 3 unspecified atom stereocenters. The van der Waals surface area contributed by atoms with Crippen LogP contribution in [0.1, 0.15) is 193 Å². The number of aliphatic carboxylic acids is 1. The highest BCUT2D eigenvalue weighted by molar-refractivity contribution is 5.88. The topological polar surface area (TPSA) is 182 Å². The average molecular weight is 1160 g/mol. The largest absolute Gasteiger partial charge is 0.479 e. The average Bonchev–Trinajstić information content (AvgIpc) is 1.98. The number of esters is 2. The molecular weight excluding hydrogens is 1070 g/mol. The number of carboxylic acid groups (broad SMARTS) is 1. The SMILES string of the molecule is COC(=O)C(O)c1c(C2=CCC(C)(C)CC2)c(-c2ccccc2)nn1C.COC(=O)C(OC(C)(C)C)c1c(C2=CCC(C)(C)CC2)c(-c2ccccc2)nn1C.Cn1nc(-c2ccccc2)c(C2=CCC(C)(C)CC2)c1C(OC(C)(C)C)C(=O)O. The minimum absolute atomic E-state index is 0.257. The molecule has 0 saturated heterocycles. The van der Waals surface area contributed by atoms with Crippen molar-refractivity contribution in [2.45, 2.75) is 170 Å². The van der Waals surface area contributed by atoms with E-state index in [-0.39, 0.29) is 16.2 Å². The fourth-order valence-electron chi connectivity index (χ4n) is 11.3. The summed E-state index contributed by atoms with van der Waals surface area (Å²) in [4.78, 5) is 37.1. The number of hydrogen-bond acceptors (Lipinski definition) is 11. The molecule has 2 N–H and O–H groups in total. The molecule has 3 aromatic heterocycles. The lowest BCUT2D eigenvalue weighted by atomic mass is 9.76. The lowest BCUT2D eigenvalue weighted by molar-refractivity contribution is -0.165. The van der Waals surface area contributed by atoms with Crippen molar-refractivity contribution in [3.05, 3.63) is 143 Å². The highest BCUT2D eigenvalue weighted by Crippen LogP contribution is 2.47. The van der Waals surface area contributed by atoms with E-state index in [0.717, 1.165) is 125 Å². The number of carbonyl (C=O) groups excluding carboxylic acids is 2. The molecule has 3 aromatic carbocycles. The molecule has 0 amide bonds. The highest BCUT2D eigenvalue weighted by atomic mass is 16.6. The van der Waals surface area contributed by atoms with Gasteiger partial charge in [-0.3, -0.25) is 14.0 Å². The quantitative estimate of drug-likeness (QED) is 0.0986. The summed E-state index contributed by atoms with van der Waals surface area (Å²) in [6.45, 7) is 25.1. The number of benzene rings is 3. The van der Waals surface area contributed by atoms with Gasteiger partial charge < -0.3 is 29.2 Å². The maximum atomic E-state index is 12.8. The molecule has 9 rings (SSSR count). The van der Waals surface area contributed by atoms with E-state index in [0.29, 0.717) is 11.4 Å². The number of hydrogen-bond donors (Lipinski definition) is 2. The second kappa shape index (κ2) is 26.6. The molecule has 15 heteroatoms. The Morgan fingerprint density at radius 2 is 0.776 bits per heavy atom. The standard InChI is InChI=1S/C25H34N2O3.C24H32N2O3.C21H26N2O3/c1-24(2,3)30-22(23(28)29-7)21-19(17-13-15-25(4,5)16-14-17)20(26-27(21)6)18-11-9-8-10-12-18;1-23(2,3)29-21(22(27)28)20-18(16-12-14-24(4,5)15-13-16)19(25-26(20)6)17-10-8-7-9-11-17;1-21(2)12-10-14(11-13-21)16-17(15-8-6-5-7-9-15)22-23(3)18(16)19(24)20(25)26-4/h8-13,22H,14-16H2,1-7H3;7-12,21H,13-15H2,1-6H3,(H,27,28);5-10,19,24H,11-13H2,1-4H3. The molecule has 3 heterocycles. The predicted octanol–water partition coefficient (Wildman–Crippen LogP) is 15.2. The zero-order chi connectivity index (χ0) is 62.4. The fraction of sp³-hybridized carbons (Fsp3) is 0.486. The first kappa shape index (κ1) is 65.3. The Morgan fingerprint density at radius 3 is 1.06 bits per heavy atom. The van der Waals surface area contributed by atoms with Crippen LogP contribution in [0.25, 0.3) is 50.5 Å². The van der Waals surface area contributed by atoms with Crippen LogP contribution in [0.5, 0.6) is 0 Å². The molecular formula is C70H92N6O9. The van der Waals surface area contributed by atoms with Crippen LogP contribution < -0.4 is 0 Å². The van der Waals surface area contributed by atoms with Crippen molar-refractivity contribution in [3.63, 3.8) is 0 Å². The molecule has 0 spiro atoms. The van der Waals surface area contributed by atoms with Crippen LogP contribution in [0.2, 0.25) is 0 Å². The van der Waals surface area contributed by atoms with Crippen molar-refractivity contribution in [2.75, 3.05) is 14.2 Å². The van der Waals surface area contributed by atoms with E-state index in [2.05, 4.69) is 77.0 Å². The van der Waals surface area contributed by atoms with Crippen LogP contribution in [0.4, 0.5) is 0 Å². The van der Waals surface area contributed by atoms with Crippen molar-refractivity contribution in [1.29, 1.82) is 0 Å². The van der Waals surface area contributed by atoms with Crippen LogP contribution in [0.15, 0.2) is 109 Å². The molecule has 0 bridgehead atoms. The maximum Gasteiger partial charge on any atom is 0.341 e.